The Kier molecular flexibility index (Phi) is 13.0. The van der Waals surface area contributed by atoms with Crippen LogP contribution in [0.1, 0.15) is 35.3 Å². The van der Waals surface area contributed by atoms with Crippen molar-refractivity contribution in [2.75, 3.05) is 27.9 Å². The number of rotatable bonds is 17. The van der Waals surface area contributed by atoms with Crippen LogP contribution in [0, 0.1) is 0 Å². The van der Waals surface area contributed by atoms with Crippen molar-refractivity contribution in [2.24, 2.45) is 0 Å². The van der Waals surface area contributed by atoms with E-state index in [0.717, 1.165) is 16.7 Å². The molecule has 9 nitrogen and oxygen atoms in total. The molecule has 0 bridgehead atoms. The Labute approximate surface area is 270 Å². The van der Waals surface area contributed by atoms with Crippen molar-refractivity contribution in [3.8, 4) is 17.2 Å². The molecule has 0 spiro atoms. The minimum Gasteiger partial charge on any atom is -0.493 e. The van der Waals surface area contributed by atoms with Gasteiger partial charge in [-0.25, -0.2) is 4.79 Å². The molecule has 4 aromatic rings. The maximum atomic E-state index is 13.7. The summed E-state index contributed by atoms with van der Waals surface area (Å²) in [6, 6.07) is 31.6. The van der Waals surface area contributed by atoms with Gasteiger partial charge in [-0.3, -0.25) is 10.1 Å². The van der Waals surface area contributed by atoms with Crippen LogP contribution in [0.2, 0.25) is 0 Å². The molecule has 0 saturated carbocycles. The van der Waals surface area contributed by atoms with Crippen molar-refractivity contribution in [3.05, 3.63) is 125 Å². The summed E-state index contributed by atoms with van der Waals surface area (Å²) in [6.07, 6.45) is -0.403. The molecule has 242 valence electrons. The van der Waals surface area contributed by atoms with E-state index in [1.165, 1.54) is 6.92 Å². The van der Waals surface area contributed by atoms with Crippen molar-refractivity contribution in [1.82, 2.24) is 10.6 Å². The van der Waals surface area contributed by atoms with Crippen LogP contribution in [-0.2, 0) is 38.5 Å². The van der Waals surface area contributed by atoms with E-state index in [-0.39, 0.29) is 18.9 Å². The summed E-state index contributed by atoms with van der Waals surface area (Å²) >= 11 is 0. The molecule has 0 radical (unpaired) electrons. The molecule has 4 rings (SSSR count). The van der Waals surface area contributed by atoms with E-state index in [1.54, 1.807) is 21.3 Å². The first-order chi connectivity index (χ1) is 22.4. The summed E-state index contributed by atoms with van der Waals surface area (Å²) in [7, 11) is 4.80. The number of hydrogen-bond donors (Lipinski definition) is 2. The first-order valence-corrected chi connectivity index (χ1v) is 15.1. The molecule has 3 atom stereocenters. The van der Waals surface area contributed by atoms with E-state index >= 15 is 0 Å². The van der Waals surface area contributed by atoms with E-state index in [9.17, 15) is 9.59 Å². The van der Waals surface area contributed by atoms with Gasteiger partial charge in [-0.05, 0) is 34.9 Å². The van der Waals surface area contributed by atoms with Crippen molar-refractivity contribution in [3.63, 3.8) is 0 Å². The third-order valence-corrected chi connectivity index (χ3v) is 7.39. The second-order valence-electron chi connectivity index (χ2n) is 10.7. The lowest BCUT2D eigenvalue weighted by molar-refractivity contribution is -0.153. The molecular weight excluding hydrogens is 584 g/mol. The Morgan fingerprint density at radius 1 is 0.696 bits per heavy atom. The molecular formula is C37H42N2O7. The molecule has 0 aliphatic heterocycles. The largest absolute Gasteiger partial charge is 0.493 e. The first-order valence-electron chi connectivity index (χ1n) is 15.1. The Morgan fingerprint density at radius 3 is 2.00 bits per heavy atom. The van der Waals surface area contributed by atoms with Crippen LogP contribution < -0.4 is 24.8 Å². The average Bonchev–Trinajstić information content (AvgIpc) is 3.08. The Hall–Kier alpha value is -4.86. The van der Waals surface area contributed by atoms with Gasteiger partial charge in [0.15, 0.2) is 11.5 Å². The van der Waals surface area contributed by atoms with Gasteiger partial charge in [-0.15, -0.1) is 0 Å². The van der Waals surface area contributed by atoms with Crippen LogP contribution in [0.4, 0.5) is 0 Å². The zero-order valence-corrected chi connectivity index (χ0v) is 26.7. The summed E-state index contributed by atoms with van der Waals surface area (Å²) in [5, 5.41) is 6.17. The first kappa shape index (κ1) is 34.0. The number of hydrogen-bond acceptors (Lipinski definition) is 8. The predicted molar refractivity (Wildman–Crippen MR) is 176 cm³/mol. The third kappa shape index (κ3) is 10.1. The Bertz CT molecular complexity index is 1530. The van der Waals surface area contributed by atoms with Gasteiger partial charge >= 0.3 is 5.97 Å². The van der Waals surface area contributed by atoms with Gasteiger partial charge in [0.05, 0.1) is 14.2 Å². The SMILES string of the molecule is COc1ccc(CC(NCC(OC(=O)[C@H](Cc2ccccc2)NC(C)=O)c2ccccc2OCc2ccccc2)OC)cc1OC. The standard InChI is InChI=1S/C37H42N2O7/c1-26(40)39-31(21-27-13-7-5-8-14-27)37(41)46-35(30-17-11-12-18-32(30)45-25-28-15-9-6-10-16-28)24-38-36(44-4)23-29-19-20-33(42-2)34(22-29)43-3/h5-20,22,31,35-36,38H,21,23-25H2,1-4H3,(H,39,40)/t31-,35?,36?/m0/s1. The fourth-order valence-corrected chi connectivity index (χ4v) is 5.04. The molecule has 0 aromatic heterocycles. The summed E-state index contributed by atoms with van der Waals surface area (Å²) in [6.45, 7) is 1.93. The zero-order valence-electron chi connectivity index (χ0n) is 26.7. The number of esters is 1. The molecule has 0 aliphatic rings. The molecule has 0 heterocycles. The summed E-state index contributed by atoms with van der Waals surface area (Å²) in [4.78, 5) is 25.8. The highest BCUT2D eigenvalue weighted by atomic mass is 16.5. The van der Waals surface area contributed by atoms with Crippen LogP contribution in [-0.4, -0.2) is 52.0 Å². The number of carbonyl (C=O) groups is 2. The van der Waals surface area contributed by atoms with Gasteiger partial charge in [0, 0.05) is 39.0 Å². The summed E-state index contributed by atoms with van der Waals surface area (Å²) in [5.41, 5.74) is 3.55. The maximum absolute atomic E-state index is 13.7. The van der Waals surface area contributed by atoms with Crippen molar-refractivity contribution in [1.29, 1.82) is 0 Å². The van der Waals surface area contributed by atoms with Crippen molar-refractivity contribution >= 4 is 11.9 Å². The topological polar surface area (TPSA) is 104 Å². The zero-order chi connectivity index (χ0) is 32.7. The van der Waals surface area contributed by atoms with Gasteiger partial charge in [-0.2, -0.15) is 0 Å². The van der Waals surface area contributed by atoms with E-state index in [2.05, 4.69) is 10.6 Å². The molecule has 9 heteroatoms. The van der Waals surface area contributed by atoms with Gasteiger partial charge < -0.3 is 29.0 Å². The summed E-state index contributed by atoms with van der Waals surface area (Å²) < 4.78 is 29.0. The summed E-state index contributed by atoms with van der Waals surface area (Å²) in [5.74, 6) is 0.954. The molecule has 2 unspecified atom stereocenters. The van der Waals surface area contributed by atoms with Crippen LogP contribution in [0.15, 0.2) is 103 Å². The lowest BCUT2D eigenvalue weighted by Gasteiger charge is -2.26. The van der Waals surface area contributed by atoms with Gasteiger partial charge in [0.25, 0.3) is 0 Å². The number of benzene rings is 4. The lowest BCUT2D eigenvalue weighted by atomic mass is 10.0. The predicted octanol–water partition coefficient (Wildman–Crippen LogP) is 5.42. The second kappa shape index (κ2) is 17.6. The van der Waals surface area contributed by atoms with Gasteiger partial charge in [0.1, 0.15) is 30.7 Å². The quantitative estimate of drug-likeness (QED) is 0.118. The second-order valence-corrected chi connectivity index (χ2v) is 10.7. The van der Waals surface area contributed by atoms with Crippen molar-refractivity contribution in [2.45, 2.75) is 44.7 Å². The molecule has 0 fully saturated rings. The van der Waals surface area contributed by atoms with Crippen LogP contribution in [0.25, 0.3) is 0 Å². The molecule has 46 heavy (non-hydrogen) atoms. The number of para-hydroxylation sites is 1. The fourth-order valence-electron chi connectivity index (χ4n) is 5.04. The van der Waals surface area contributed by atoms with Crippen LogP contribution in [0.5, 0.6) is 17.2 Å². The number of carbonyl (C=O) groups excluding carboxylic acids is 2. The normalized spacial score (nSPS) is 12.8. The third-order valence-electron chi connectivity index (χ3n) is 7.39. The lowest BCUT2D eigenvalue weighted by Crippen LogP contribution is -2.44. The molecule has 0 aliphatic carbocycles. The number of nitrogens with one attached hydrogen (secondary N) is 2. The van der Waals surface area contributed by atoms with Gasteiger partial charge in [0.2, 0.25) is 5.91 Å². The van der Waals surface area contributed by atoms with Crippen molar-refractivity contribution < 1.29 is 33.3 Å². The highest BCUT2D eigenvalue weighted by Crippen LogP contribution is 2.30. The number of ether oxygens (including phenoxy) is 5. The monoisotopic (exact) mass is 626 g/mol. The maximum Gasteiger partial charge on any atom is 0.329 e. The molecule has 4 aromatic carbocycles. The minimum atomic E-state index is -0.884. The van der Waals surface area contributed by atoms with E-state index < -0.39 is 24.3 Å². The van der Waals surface area contributed by atoms with E-state index in [4.69, 9.17) is 23.7 Å². The van der Waals surface area contributed by atoms with E-state index in [0.29, 0.717) is 35.8 Å². The highest BCUT2D eigenvalue weighted by molar-refractivity contribution is 5.83. The molecule has 0 saturated heterocycles. The molecule has 2 N–H and O–H groups in total. The Morgan fingerprint density at radius 2 is 1.35 bits per heavy atom. The van der Waals surface area contributed by atoms with Crippen LogP contribution in [0.3, 0.4) is 0 Å². The Balaban J connectivity index is 1.57. The number of methoxy groups -OCH3 is 3. The highest BCUT2D eigenvalue weighted by Gasteiger charge is 2.28. The molecule has 1 amide bonds. The smallest absolute Gasteiger partial charge is 0.329 e. The van der Waals surface area contributed by atoms with Crippen LogP contribution >= 0.6 is 0 Å². The van der Waals surface area contributed by atoms with E-state index in [1.807, 2.05) is 103 Å². The average molecular weight is 627 g/mol. The fraction of sp³-hybridized carbons (Fsp3) is 0.297. The number of amides is 1. The minimum absolute atomic E-state index is 0.210. The van der Waals surface area contributed by atoms with Gasteiger partial charge in [-0.1, -0.05) is 84.9 Å².